The maximum Gasteiger partial charge on any atom is 2.00 e. The van der Waals surface area contributed by atoms with E-state index in [0.717, 1.165) is 45.8 Å². The van der Waals surface area contributed by atoms with Crippen molar-refractivity contribution in [2.24, 2.45) is 0 Å². The first-order chi connectivity index (χ1) is 21.0. The van der Waals surface area contributed by atoms with Gasteiger partial charge in [0.15, 0.2) is 0 Å². The molecule has 0 atom stereocenters. The Bertz CT molecular complexity index is 1800. The summed E-state index contributed by atoms with van der Waals surface area (Å²) in [6.07, 6.45) is 3.42. The third-order valence-corrected chi connectivity index (χ3v) is 6.45. The molecule has 2 aromatic carbocycles. The molecule has 4 aromatic heterocycles. The van der Waals surface area contributed by atoms with Gasteiger partial charge in [-0.3, -0.25) is 19.9 Å². The van der Waals surface area contributed by atoms with Gasteiger partial charge in [0.1, 0.15) is 0 Å². The molecular formula is C36H26F4N4Ru. The van der Waals surface area contributed by atoms with Crippen LogP contribution in [0.4, 0.5) is 17.6 Å². The standard InChI is InChI=1S/2C18H13F2N2.Ru/c2*1-11-3-4-21-17(5-11)18-7-12(2)6-16(22-18)13-8-14(19)10-15(20)9-13;/h2*3-8,10H,1-2H3;/q2*-1;+2. The zero-order valence-electron chi connectivity index (χ0n) is 24.7. The molecular weight excluding hydrogens is 665 g/mol. The van der Waals surface area contributed by atoms with Crippen LogP contribution in [-0.4, -0.2) is 19.9 Å². The van der Waals surface area contributed by atoms with E-state index in [-0.39, 0.29) is 30.6 Å². The molecule has 0 aliphatic carbocycles. The Morgan fingerprint density at radius 2 is 0.800 bits per heavy atom. The van der Waals surface area contributed by atoms with Gasteiger partial charge in [0.2, 0.25) is 0 Å². The number of hydrogen-bond donors (Lipinski definition) is 0. The maximum absolute atomic E-state index is 13.4. The molecule has 0 aliphatic heterocycles. The predicted octanol–water partition coefficient (Wildman–Crippen LogP) is 9.01. The van der Waals surface area contributed by atoms with Crippen LogP contribution in [0.2, 0.25) is 0 Å². The molecule has 0 unspecified atom stereocenters. The second-order valence-corrected chi connectivity index (χ2v) is 10.4. The molecule has 0 amide bonds. The van der Waals surface area contributed by atoms with Crippen LogP contribution in [0.15, 0.2) is 85.2 Å². The number of aryl methyl sites for hydroxylation is 4. The van der Waals surface area contributed by atoms with Gasteiger partial charge in [0.05, 0.1) is 22.8 Å². The Morgan fingerprint density at radius 3 is 1.16 bits per heavy atom. The largest absolute Gasteiger partial charge is 2.00 e. The zero-order valence-corrected chi connectivity index (χ0v) is 26.5. The van der Waals surface area contributed by atoms with Crippen molar-refractivity contribution in [3.63, 3.8) is 0 Å². The first-order valence-corrected chi connectivity index (χ1v) is 13.6. The Kier molecular flexibility index (Phi) is 10.7. The number of pyridine rings is 4. The smallest absolute Gasteiger partial charge is 0.295 e. The summed E-state index contributed by atoms with van der Waals surface area (Å²) in [6, 6.07) is 24.0. The minimum atomic E-state index is -0.742. The zero-order chi connectivity index (χ0) is 31.4. The van der Waals surface area contributed by atoms with E-state index >= 15 is 0 Å². The van der Waals surface area contributed by atoms with E-state index < -0.39 is 23.3 Å². The van der Waals surface area contributed by atoms with Crippen LogP contribution in [0.3, 0.4) is 0 Å². The van der Waals surface area contributed by atoms with Gasteiger partial charge in [-0.1, -0.05) is 35.4 Å². The monoisotopic (exact) mass is 692 g/mol. The molecule has 0 N–H and O–H groups in total. The maximum atomic E-state index is 13.4. The van der Waals surface area contributed by atoms with E-state index in [2.05, 4.69) is 32.1 Å². The Morgan fingerprint density at radius 1 is 0.444 bits per heavy atom. The molecule has 0 spiro atoms. The molecule has 6 rings (SSSR count). The predicted molar refractivity (Wildman–Crippen MR) is 162 cm³/mol. The number of benzene rings is 2. The SMILES string of the molecule is Cc1ccnc(-c2cc(C)cc(-c3[c-]c(F)cc(F)c3)n2)c1.Cc1ccnc(-c2cc(C)cc(-c3[c-]c(F)cc(F)c3)n2)c1.[Ru+2]. The molecule has 0 radical (unpaired) electrons. The van der Waals surface area contributed by atoms with Gasteiger partial charge in [-0.2, -0.15) is 0 Å². The van der Waals surface area contributed by atoms with Gasteiger partial charge < -0.3 is 0 Å². The molecule has 45 heavy (non-hydrogen) atoms. The van der Waals surface area contributed by atoms with E-state index in [1.54, 1.807) is 24.5 Å². The van der Waals surface area contributed by atoms with E-state index in [1.165, 1.54) is 12.1 Å². The average Bonchev–Trinajstić information content (AvgIpc) is 2.96. The van der Waals surface area contributed by atoms with Crippen molar-refractivity contribution >= 4 is 0 Å². The summed E-state index contributed by atoms with van der Waals surface area (Å²) >= 11 is 0. The van der Waals surface area contributed by atoms with Crippen molar-refractivity contribution in [1.29, 1.82) is 0 Å². The van der Waals surface area contributed by atoms with Crippen LogP contribution in [0.25, 0.3) is 45.3 Å². The molecule has 4 nitrogen and oxygen atoms in total. The van der Waals surface area contributed by atoms with E-state index in [1.807, 2.05) is 64.1 Å². The molecule has 0 aliphatic rings. The topological polar surface area (TPSA) is 51.6 Å². The Balaban J connectivity index is 0.000000200. The van der Waals surface area contributed by atoms with Gasteiger partial charge >= 0.3 is 19.5 Å². The molecule has 0 saturated heterocycles. The van der Waals surface area contributed by atoms with Crippen LogP contribution >= 0.6 is 0 Å². The second-order valence-electron chi connectivity index (χ2n) is 10.4. The molecule has 0 saturated carbocycles. The second kappa shape index (κ2) is 14.4. The number of halogens is 4. The normalized spacial score (nSPS) is 10.5. The van der Waals surface area contributed by atoms with E-state index in [0.29, 0.717) is 22.8 Å². The average molecular weight is 692 g/mol. The van der Waals surface area contributed by atoms with E-state index in [9.17, 15) is 17.6 Å². The molecule has 4 heterocycles. The molecule has 0 bridgehead atoms. The fourth-order valence-corrected chi connectivity index (χ4v) is 4.50. The van der Waals surface area contributed by atoms with Gasteiger partial charge in [-0.05, 0) is 86.6 Å². The summed E-state index contributed by atoms with van der Waals surface area (Å²) in [7, 11) is 0. The van der Waals surface area contributed by atoms with Crippen molar-refractivity contribution < 1.29 is 37.0 Å². The van der Waals surface area contributed by atoms with Crippen molar-refractivity contribution in [2.45, 2.75) is 27.7 Å². The van der Waals surface area contributed by atoms with Crippen molar-refractivity contribution in [1.82, 2.24) is 19.9 Å². The van der Waals surface area contributed by atoms with Crippen molar-refractivity contribution in [3.8, 4) is 45.3 Å². The van der Waals surface area contributed by atoms with Crippen molar-refractivity contribution in [3.05, 3.63) is 143 Å². The fraction of sp³-hybridized carbons (Fsp3) is 0.111. The third kappa shape index (κ3) is 8.73. The molecule has 0 fully saturated rings. The molecule has 226 valence electrons. The molecule has 9 heteroatoms. The number of hydrogen-bond acceptors (Lipinski definition) is 4. The van der Waals surface area contributed by atoms with Crippen LogP contribution in [0.5, 0.6) is 0 Å². The minimum Gasteiger partial charge on any atom is -0.295 e. The van der Waals surface area contributed by atoms with Gasteiger partial charge in [-0.15, -0.1) is 35.4 Å². The summed E-state index contributed by atoms with van der Waals surface area (Å²) in [6.45, 7) is 7.75. The van der Waals surface area contributed by atoms with E-state index in [4.69, 9.17) is 0 Å². The quantitative estimate of drug-likeness (QED) is 0.105. The Labute approximate surface area is 272 Å². The molecule has 6 aromatic rings. The van der Waals surface area contributed by atoms with Gasteiger partial charge in [0.25, 0.3) is 0 Å². The number of aromatic nitrogens is 4. The van der Waals surface area contributed by atoms with Gasteiger partial charge in [-0.25, -0.2) is 17.6 Å². The summed E-state index contributed by atoms with van der Waals surface area (Å²) in [5.41, 5.74) is 8.29. The third-order valence-electron chi connectivity index (χ3n) is 6.45. The summed E-state index contributed by atoms with van der Waals surface area (Å²) < 4.78 is 53.5. The fourth-order valence-electron chi connectivity index (χ4n) is 4.50. The Hall–Kier alpha value is -4.62. The first-order valence-electron chi connectivity index (χ1n) is 13.6. The van der Waals surface area contributed by atoms with Crippen LogP contribution in [0, 0.1) is 63.1 Å². The van der Waals surface area contributed by atoms with Crippen LogP contribution in [-0.2, 0) is 19.5 Å². The van der Waals surface area contributed by atoms with Crippen molar-refractivity contribution in [2.75, 3.05) is 0 Å². The summed E-state index contributed by atoms with van der Waals surface area (Å²) in [5, 5.41) is 0. The number of nitrogens with zero attached hydrogens (tertiary/aromatic N) is 4. The minimum absolute atomic E-state index is 0. The van der Waals surface area contributed by atoms with Gasteiger partial charge in [0, 0.05) is 35.7 Å². The summed E-state index contributed by atoms with van der Waals surface area (Å²) in [4.78, 5) is 17.5. The van der Waals surface area contributed by atoms with Crippen LogP contribution in [0.1, 0.15) is 22.3 Å². The first kappa shape index (κ1) is 33.3. The van der Waals surface area contributed by atoms with Crippen LogP contribution < -0.4 is 0 Å². The summed E-state index contributed by atoms with van der Waals surface area (Å²) in [5.74, 6) is -2.78. The number of rotatable bonds is 4.